The Morgan fingerprint density at radius 3 is 2.23 bits per heavy atom. The van der Waals surface area contributed by atoms with E-state index in [1.54, 1.807) is 11.9 Å². The van der Waals surface area contributed by atoms with Crippen molar-refractivity contribution in [2.45, 2.75) is 26.5 Å². The fourth-order valence-electron chi connectivity index (χ4n) is 1.69. The molecular formula is C13H23N4O6PS2. The molecule has 2 amide bonds. The van der Waals surface area contributed by atoms with Gasteiger partial charge in [0.25, 0.3) is 0 Å². The summed E-state index contributed by atoms with van der Waals surface area (Å²) in [5.74, 6) is 0.412. The van der Waals surface area contributed by atoms with Crippen molar-refractivity contribution >= 4 is 53.5 Å². The Morgan fingerprint density at radius 1 is 1.31 bits per heavy atom. The van der Waals surface area contributed by atoms with Gasteiger partial charge in [-0.2, -0.15) is 0 Å². The molecule has 0 aliphatic carbocycles. The maximum absolute atomic E-state index is 12.0. The van der Waals surface area contributed by atoms with E-state index in [1.165, 1.54) is 28.4 Å². The molecule has 0 radical (unpaired) electrons. The molecule has 2 rings (SSSR count). The SMILES string of the molecule is C.C=C(C)CN1C(=O)C(C)SC1=NN=C1SCC(=O)N1C.O=P(O)(O)O. The second-order valence-electron chi connectivity index (χ2n) is 5.16. The smallest absolute Gasteiger partial charge is 0.303 e. The van der Waals surface area contributed by atoms with Gasteiger partial charge in [0.15, 0.2) is 10.3 Å². The summed E-state index contributed by atoms with van der Waals surface area (Å²) in [4.78, 5) is 48.0. The summed E-state index contributed by atoms with van der Waals surface area (Å²) in [6, 6.07) is 0. The Balaban J connectivity index is 0.000000923. The van der Waals surface area contributed by atoms with Crippen LogP contribution in [0.2, 0.25) is 0 Å². The fourth-order valence-corrected chi connectivity index (χ4v) is 3.44. The lowest BCUT2D eigenvalue weighted by molar-refractivity contribution is -0.125. The summed E-state index contributed by atoms with van der Waals surface area (Å²) in [5, 5.41) is 9.19. The van der Waals surface area contributed by atoms with Crippen molar-refractivity contribution in [2.24, 2.45) is 10.2 Å². The number of thioether (sulfide) groups is 2. The minimum Gasteiger partial charge on any atom is -0.303 e. The van der Waals surface area contributed by atoms with Crippen LogP contribution in [0, 0.1) is 0 Å². The van der Waals surface area contributed by atoms with E-state index in [-0.39, 0.29) is 24.5 Å². The topological polar surface area (TPSA) is 143 Å². The van der Waals surface area contributed by atoms with Crippen LogP contribution in [0.5, 0.6) is 0 Å². The third-order valence-electron chi connectivity index (χ3n) is 2.76. The third kappa shape index (κ3) is 8.02. The number of amides is 2. The molecule has 2 saturated heterocycles. The van der Waals surface area contributed by atoms with Gasteiger partial charge >= 0.3 is 7.82 Å². The van der Waals surface area contributed by atoms with Crippen molar-refractivity contribution in [2.75, 3.05) is 19.3 Å². The zero-order chi connectivity index (χ0) is 19.4. The lowest BCUT2D eigenvalue weighted by Crippen LogP contribution is -2.32. The third-order valence-corrected chi connectivity index (χ3v) is 4.83. The molecular weight excluding hydrogens is 403 g/mol. The lowest BCUT2D eigenvalue weighted by atomic mass is 10.3. The molecule has 0 spiro atoms. The van der Waals surface area contributed by atoms with E-state index in [9.17, 15) is 9.59 Å². The van der Waals surface area contributed by atoms with Crippen molar-refractivity contribution in [3.63, 3.8) is 0 Å². The van der Waals surface area contributed by atoms with Crippen LogP contribution in [0.1, 0.15) is 21.3 Å². The van der Waals surface area contributed by atoms with Crippen LogP contribution in [0.25, 0.3) is 0 Å². The van der Waals surface area contributed by atoms with Gasteiger partial charge < -0.3 is 14.7 Å². The highest BCUT2D eigenvalue weighted by atomic mass is 32.2. The zero-order valence-corrected chi connectivity index (χ0v) is 16.3. The molecule has 13 heteroatoms. The van der Waals surface area contributed by atoms with E-state index < -0.39 is 7.82 Å². The molecule has 0 bridgehead atoms. The Bertz CT molecular complexity index is 669. The van der Waals surface area contributed by atoms with E-state index in [0.717, 1.165) is 5.57 Å². The summed E-state index contributed by atoms with van der Waals surface area (Å²) in [6.07, 6.45) is 0. The molecule has 10 nitrogen and oxygen atoms in total. The molecule has 1 atom stereocenters. The Morgan fingerprint density at radius 2 is 1.81 bits per heavy atom. The van der Waals surface area contributed by atoms with E-state index in [1.807, 2.05) is 13.8 Å². The number of amidine groups is 2. The van der Waals surface area contributed by atoms with Crippen molar-refractivity contribution in [3.8, 4) is 0 Å². The maximum atomic E-state index is 12.0. The van der Waals surface area contributed by atoms with Gasteiger partial charge in [-0.15, -0.1) is 10.2 Å². The maximum Gasteiger partial charge on any atom is 0.466 e. The van der Waals surface area contributed by atoms with Gasteiger partial charge in [0.1, 0.15) is 0 Å². The Hall–Kier alpha value is -1.17. The normalized spacial score (nSPS) is 23.2. The molecule has 2 aliphatic heterocycles. The first-order valence-corrected chi connectivity index (χ1v) is 10.3. The van der Waals surface area contributed by atoms with Gasteiger partial charge in [-0.3, -0.25) is 19.4 Å². The van der Waals surface area contributed by atoms with E-state index >= 15 is 0 Å². The van der Waals surface area contributed by atoms with Crippen LogP contribution >= 0.6 is 31.3 Å². The number of rotatable bonds is 3. The summed E-state index contributed by atoms with van der Waals surface area (Å²) < 4.78 is 8.88. The number of hydrogen-bond donors (Lipinski definition) is 3. The number of nitrogens with zero attached hydrogens (tertiary/aromatic N) is 4. The predicted octanol–water partition coefficient (Wildman–Crippen LogP) is 1.07. The largest absolute Gasteiger partial charge is 0.466 e. The van der Waals surface area contributed by atoms with Crippen molar-refractivity contribution in [3.05, 3.63) is 12.2 Å². The molecule has 1 unspecified atom stereocenters. The number of hydrogen-bond acceptors (Lipinski definition) is 7. The molecule has 0 aromatic carbocycles. The highest BCUT2D eigenvalue weighted by molar-refractivity contribution is 8.15. The molecule has 2 aliphatic rings. The van der Waals surface area contributed by atoms with Gasteiger partial charge in [0, 0.05) is 13.6 Å². The summed E-state index contributed by atoms with van der Waals surface area (Å²) in [6.45, 7) is 7.97. The number of carbonyl (C=O) groups excluding carboxylic acids is 2. The minimum absolute atomic E-state index is 0. The van der Waals surface area contributed by atoms with Crippen LogP contribution in [0.3, 0.4) is 0 Å². The molecule has 2 fully saturated rings. The Labute approximate surface area is 160 Å². The van der Waals surface area contributed by atoms with E-state index in [2.05, 4.69) is 16.8 Å². The van der Waals surface area contributed by atoms with Gasteiger partial charge in [0.2, 0.25) is 11.8 Å². The van der Waals surface area contributed by atoms with Gasteiger partial charge in [-0.05, 0) is 13.8 Å². The second kappa shape index (κ2) is 10.2. The molecule has 26 heavy (non-hydrogen) atoms. The van der Waals surface area contributed by atoms with Crippen molar-refractivity contribution < 1.29 is 28.8 Å². The molecule has 3 N–H and O–H groups in total. The fraction of sp³-hybridized carbons (Fsp3) is 0.538. The van der Waals surface area contributed by atoms with E-state index in [0.29, 0.717) is 22.6 Å². The van der Waals surface area contributed by atoms with Crippen LogP contribution in [-0.4, -0.2) is 71.2 Å². The van der Waals surface area contributed by atoms with E-state index in [4.69, 9.17) is 19.2 Å². The first-order valence-electron chi connectivity index (χ1n) is 6.86. The molecule has 0 saturated carbocycles. The van der Waals surface area contributed by atoms with Gasteiger partial charge in [-0.25, -0.2) is 4.57 Å². The summed E-state index contributed by atoms with van der Waals surface area (Å²) in [7, 11) is -2.97. The number of phosphoric acid groups is 1. The highest BCUT2D eigenvalue weighted by Crippen LogP contribution is 2.28. The molecule has 148 valence electrons. The minimum atomic E-state index is -4.64. The Kier molecular flexibility index (Phi) is 9.78. The first kappa shape index (κ1) is 24.8. The molecule has 0 aromatic rings. The second-order valence-corrected chi connectivity index (χ2v) is 8.44. The zero-order valence-electron chi connectivity index (χ0n) is 13.8. The monoisotopic (exact) mass is 426 g/mol. The quantitative estimate of drug-likeness (QED) is 0.345. The number of carbonyl (C=O) groups is 2. The molecule has 0 aromatic heterocycles. The van der Waals surface area contributed by atoms with Crippen LogP contribution in [0.4, 0.5) is 0 Å². The standard InChI is InChI=1S/C12H16N4O2S2.CH4.H3O4P/c1-7(2)5-16-10(18)8(3)20-12(16)14-13-11-15(4)9(17)6-19-11;;1-5(2,3)4/h8H,1,5-6H2,2-4H3;1H4;(H3,1,2,3,4). The van der Waals surface area contributed by atoms with Gasteiger partial charge in [-0.1, -0.05) is 43.1 Å². The summed E-state index contributed by atoms with van der Waals surface area (Å²) in [5.41, 5.74) is 0.885. The van der Waals surface area contributed by atoms with Crippen LogP contribution in [-0.2, 0) is 14.2 Å². The highest BCUT2D eigenvalue weighted by Gasteiger charge is 2.35. The van der Waals surface area contributed by atoms with Gasteiger partial charge in [0.05, 0.1) is 11.0 Å². The van der Waals surface area contributed by atoms with Crippen molar-refractivity contribution in [1.82, 2.24) is 9.80 Å². The van der Waals surface area contributed by atoms with Crippen LogP contribution < -0.4 is 0 Å². The average molecular weight is 426 g/mol. The van der Waals surface area contributed by atoms with Crippen LogP contribution in [0.15, 0.2) is 22.4 Å². The molecule has 2 heterocycles. The summed E-state index contributed by atoms with van der Waals surface area (Å²) >= 11 is 2.72. The van der Waals surface area contributed by atoms with Crippen molar-refractivity contribution in [1.29, 1.82) is 0 Å². The average Bonchev–Trinajstić information content (AvgIpc) is 2.90. The lowest BCUT2D eigenvalue weighted by Gasteiger charge is -2.15. The first-order chi connectivity index (χ1) is 11.4. The predicted molar refractivity (Wildman–Crippen MR) is 105 cm³/mol.